The number of hydrogen-bond acceptors (Lipinski definition) is 5. The summed E-state index contributed by atoms with van der Waals surface area (Å²) in [6, 6.07) is 2.03. The number of aliphatic carboxylic acids is 1. The van der Waals surface area contributed by atoms with Gasteiger partial charge in [-0.3, -0.25) is 9.59 Å². The van der Waals surface area contributed by atoms with Crippen LogP contribution < -0.4 is 5.32 Å². The summed E-state index contributed by atoms with van der Waals surface area (Å²) in [7, 11) is 0. The van der Waals surface area contributed by atoms with Crippen molar-refractivity contribution in [3.63, 3.8) is 0 Å². The van der Waals surface area contributed by atoms with E-state index in [0.717, 1.165) is 24.0 Å². The van der Waals surface area contributed by atoms with Crippen LogP contribution in [0.5, 0.6) is 0 Å². The number of carboxylic acid groups (broad SMARTS) is 1. The van der Waals surface area contributed by atoms with Gasteiger partial charge in [-0.25, -0.2) is 8.78 Å². The maximum Gasteiger partial charge on any atom is 0.305 e. The molecule has 6 nitrogen and oxygen atoms in total. The zero-order chi connectivity index (χ0) is 16.3. The van der Waals surface area contributed by atoms with Crippen molar-refractivity contribution < 1.29 is 23.5 Å². The Balaban J connectivity index is 2.08. The maximum absolute atomic E-state index is 13.5. The smallest absolute Gasteiger partial charge is 0.305 e. The molecule has 1 fully saturated rings. The van der Waals surface area contributed by atoms with Crippen LogP contribution in [0.25, 0.3) is 0 Å². The fourth-order valence-corrected chi connectivity index (χ4v) is 2.58. The number of hydrogen-bond donors (Lipinski definition) is 2. The SMILES string of the molecule is Cc1cc(C=NN=C2NC(=O)C(CC(=O)O)S2)c(F)cc1F. The van der Waals surface area contributed by atoms with E-state index in [4.69, 9.17) is 5.11 Å². The molecule has 1 amide bonds. The first kappa shape index (κ1) is 16.1. The highest BCUT2D eigenvalue weighted by atomic mass is 32.2. The molecule has 1 saturated heterocycles. The third-order valence-electron chi connectivity index (χ3n) is 2.76. The Morgan fingerprint density at radius 3 is 2.86 bits per heavy atom. The second-order valence-electron chi connectivity index (χ2n) is 4.47. The second-order valence-corrected chi connectivity index (χ2v) is 5.66. The lowest BCUT2D eigenvalue weighted by Crippen LogP contribution is -2.26. The highest BCUT2D eigenvalue weighted by Gasteiger charge is 2.32. The van der Waals surface area contributed by atoms with Crippen molar-refractivity contribution in [1.82, 2.24) is 5.32 Å². The molecule has 1 atom stereocenters. The molecule has 1 aliphatic heterocycles. The number of benzene rings is 1. The predicted octanol–water partition coefficient (Wildman–Crippen LogP) is 1.67. The topological polar surface area (TPSA) is 91.1 Å². The van der Waals surface area contributed by atoms with E-state index in [1.807, 2.05) is 0 Å². The van der Waals surface area contributed by atoms with Crippen molar-refractivity contribution >= 4 is 35.0 Å². The molecule has 116 valence electrons. The molecule has 2 rings (SSSR count). The summed E-state index contributed by atoms with van der Waals surface area (Å²) in [5, 5.41) is 17.7. The largest absolute Gasteiger partial charge is 0.481 e. The molecule has 0 saturated carbocycles. The number of amidine groups is 1. The molecule has 0 aliphatic carbocycles. The molecule has 0 spiro atoms. The van der Waals surface area contributed by atoms with Crippen LogP contribution in [-0.4, -0.2) is 33.6 Å². The number of nitrogens with zero attached hydrogens (tertiary/aromatic N) is 2. The van der Waals surface area contributed by atoms with Gasteiger partial charge in [0.15, 0.2) is 5.17 Å². The standard InChI is InChI=1S/C13H11F2N3O3S/c1-6-2-7(9(15)3-8(6)14)5-16-18-13-17-12(21)10(22-13)4-11(19)20/h2-3,5,10H,4H2,1H3,(H,19,20)(H,17,18,21). The summed E-state index contributed by atoms with van der Waals surface area (Å²) in [5.74, 6) is -3.00. The Hall–Kier alpha value is -2.29. The summed E-state index contributed by atoms with van der Waals surface area (Å²) in [4.78, 5) is 22.0. The van der Waals surface area contributed by atoms with Crippen molar-refractivity contribution in [3.8, 4) is 0 Å². The molecule has 2 N–H and O–H groups in total. The molecule has 1 aromatic carbocycles. The van der Waals surface area contributed by atoms with Gasteiger partial charge in [-0.05, 0) is 18.6 Å². The first-order valence-corrected chi connectivity index (χ1v) is 7.00. The Labute approximate surface area is 128 Å². The van der Waals surface area contributed by atoms with Gasteiger partial charge >= 0.3 is 5.97 Å². The molecule has 9 heteroatoms. The predicted molar refractivity (Wildman–Crippen MR) is 77.9 cm³/mol. The van der Waals surface area contributed by atoms with Gasteiger partial charge in [-0.1, -0.05) is 11.8 Å². The molecule has 0 aromatic heterocycles. The average molecular weight is 327 g/mol. The second kappa shape index (κ2) is 6.65. The van der Waals surface area contributed by atoms with Crippen LogP contribution in [0.2, 0.25) is 0 Å². The lowest BCUT2D eigenvalue weighted by atomic mass is 10.1. The Bertz CT molecular complexity index is 691. The molecular weight excluding hydrogens is 316 g/mol. The zero-order valence-electron chi connectivity index (χ0n) is 11.3. The van der Waals surface area contributed by atoms with Crippen LogP contribution in [0.3, 0.4) is 0 Å². The van der Waals surface area contributed by atoms with Gasteiger partial charge in [0, 0.05) is 11.6 Å². The van der Waals surface area contributed by atoms with Crippen LogP contribution in [0, 0.1) is 18.6 Å². The molecule has 1 aromatic rings. The van der Waals surface area contributed by atoms with Crippen molar-refractivity contribution in [2.24, 2.45) is 10.2 Å². The van der Waals surface area contributed by atoms with Crippen molar-refractivity contribution in [1.29, 1.82) is 0 Å². The van der Waals surface area contributed by atoms with E-state index in [2.05, 4.69) is 15.5 Å². The number of rotatable bonds is 4. The van der Waals surface area contributed by atoms with Gasteiger partial charge in [0.1, 0.15) is 16.9 Å². The first-order chi connectivity index (χ1) is 10.4. The zero-order valence-corrected chi connectivity index (χ0v) is 12.2. The summed E-state index contributed by atoms with van der Waals surface area (Å²) in [6.45, 7) is 1.49. The number of carbonyl (C=O) groups excluding carboxylic acids is 1. The van der Waals surface area contributed by atoms with E-state index in [9.17, 15) is 18.4 Å². The van der Waals surface area contributed by atoms with E-state index in [1.54, 1.807) is 0 Å². The molecule has 0 bridgehead atoms. The Kier molecular flexibility index (Phi) is 4.86. The van der Waals surface area contributed by atoms with E-state index in [0.29, 0.717) is 0 Å². The summed E-state index contributed by atoms with van der Waals surface area (Å²) in [5.41, 5.74) is 0.320. The van der Waals surface area contributed by atoms with Gasteiger partial charge in [-0.2, -0.15) is 5.10 Å². The van der Waals surface area contributed by atoms with E-state index in [-0.39, 0.29) is 22.7 Å². The van der Waals surface area contributed by atoms with E-state index < -0.39 is 28.8 Å². The number of halogens is 2. The molecule has 1 aliphatic rings. The maximum atomic E-state index is 13.5. The van der Waals surface area contributed by atoms with Gasteiger partial charge in [-0.15, -0.1) is 5.10 Å². The minimum atomic E-state index is -1.10. The minimum Gasteiger partial charge on any atom is -0.481 e. The number of carbonyl (C=O) groups is 2. The lowest BCUT2D eigenvalue weighted by molar-refractivity contribution is -0.138. The minimum absolute atomic E-state index is 0.0552. The van der Waals surface area contributed by atoms with Crippen molar-refractivity contribution in [2.45, 2.75) is 18.6 Å². The number of thioether (sulfide) groups is 1. The van der Waals surface area contributed by atoms with Gasteiger partial charge in [0.05, 0.1) is 12.6 Å². The normalized spacial score (nSPS) is 19.9. The third kappa shape index (κ3) is 3.88. The molecular formula is C13H11F2N3O3S. The highest BCUT2D eigenvalue weighted by molar-refractivity contribution is 8.15. The summed E-state index contributed by atoms with van der Waals surface area (Å²) < 4.78 is 26.6. The fourth-order valence-electron chi connectivity index (χ4n) is 1.67. The van der Waals surface area contributed by atoms with Crippen molar-refractivity contribution in [3.05, 3.63) is 34.9 Å². The van der Waals surface area contributed by atoms with Crippen LogP contribution in [0.4, 0.5) is 8.78 Å². The Morgan fingerprint density at radius 2 is 2.18 bits per heavy atom. The van der Waals surface area contributed by atoms with Crippen molar-refractivity contribution in [2.75, 3.05) is 0 Å². The monoisotopic (exact) mass is 327 g/mol. The average Bonchev–Trinajstić information content (AvgIpc) is 2.75. The fraction of sp³-hybridized carbons (Fsp3) is 0.231. The number of nitrogens with one attached hydrogen (secondary N) is 1. The van der Waals surface area contributed by atoms with Crippen LogP contribution >= 0.6 is 11.8 Å². The number of carboxylic acids is 1. The number of amides is 1. The van der Waals surface area contributed by atoms with Crippen LogP contribution in [0.1, 0.15) is 17.5 Å². The molecule has 22 heavy (non-hydrogen) atoms. The van der Waals surface area contributed by atoms with E-state index >= 15 is 0 Å². The third-order valence-corrected chi connectivity index (χ3v) is 3.83. The highest BCUT2D eigenvalue weighted by Crippen LogP contribution is 2.22. The van der Waals surface area contributed by atoms with Crippen LogP contribution in [0.15, 0.2) is 22.3 Å². The summed E-state index contributed by atoms with van der Waals surface area (Å²) >= 11 is 0.933. The van der Waals surface area contributed by atoms with Crippen LogP contribution in [-0.2, 0) is 9.59 Å². The van der Waals surface area contributed by atoms with E-state index in [1.165, 1.54) is 13.0 Å². The molecule has 0 radical (unpaired) electrons. The number of aryl methyl sites for hydroxylation is 1. The Morgan fingerprint density at radius 1 is 1.45 bits per heavy atom. The first-order valence-electron chi connectivity index (χ1n) is 6.13. The molecule has 1 heterocycles. The quantitative estimate of drug-likeness (QED) is 0.650. The van der Waals surface area contributed by atoms with Gasteiger partial charge in [0.25, 0.3) is 0 Å². The summed E-state index contributed by atoms with van der Waals surface area (Å²) in [6.07, 6.45) is 0.761. The lowest BCUT2D eigenvalue weighted by Gasteiger charge is -1.99. The molecule has 1 unspecified atom stereocenters. The van der Waals surface area contributed by atoms with Gasteiger partial charge in [0.2, 0.25) is 5.91 Å². The van der Waals surface area contributed by atoms with Gasteiger partial charge < -0.3 is 10.4 Å².